The lowest BCUT2D eigenvalue weighted by molar-refractivity contribution is -0.146. The first-order valence-corrected chi connectivity index (χ1v) is 22.7. The van der Waals surface area contributed by atoms with E-state index >= 15 is 0 Å². The SMILES string of the molecule is CCN(CCNC(=O)c1ccc(CCNC[C@H](O)c2ccc(O)c3[nH]c(=O)ccc23)cc1)C(=O)COc1cccc(C(C(=O)OCC2CCN(Cc3ccccc3)CC2)c2ccccc2)c1. The number of aliphatic hydroxyl groups is 1. The van der Waals surface area contributed by atoms with Crippen molar-refractivity contribution in [1.29, 1.82) is 0 Å². The van der Waals surface area contributed by atoms with Gasteiger partial charge in [0.25, 0.3) is 11.8 Å². The Morgan fingerprint density at radius 1 is 0.833 bits per heavy atom. The fourth-order valence-corrected chi connectivity index (χ4v) is 8.39. The fourth-order valence-electron chi connectivity index (χ4n) is 8.39. The van der Waals surface area contributed by atoms with Gasteiger partial charge >= 0.3 is 5.97 Å². The molecule has 1 fully saturated rings. The topological polar surface area (TPSA) is 174 Å². The summed E-state index contributed by atoms with van der Waals surface area (Å²) < 4.78 is 12.0. The summed E-state index contributed by atoms with van der Waals surface area (Å²) in [6, 6.07) is 40.6. The number of ether oxygens (including phenoxy) is 2. The van der Waals surface area contributed by atoms with Gasteiger partial charge in [-0.1, -0.05) is 91.0 Å². The highest BCUT2D eigenvalue weighted by Gasteiger charge is 2.27. The number of phenols is 1. The van der Waals surface area contributed by atoms with Crippen molar-refractivity contribution >= 4 is 28.7 Å². The number of nitrogens with one attached hydrogen (secondary N) is 3. The van der Waals surface area contributed by atoms with Crippen LogP contribution in [0.5, 0.6) is 11.5 Å². The Morgan fingerprint density at radius 3 is 2.30 bits per heavy atom. The largest absolute Gasteiger partial charge is 0.506 e. The maximum atomic E-state index is 13.8. The van der Waals surface area contributed by atoms with Crippen LogP contribution in [-0.4, -0.2) is 102 Å². The van der Waals surface area contributed by atoms with Crippen molar-refractivity contribution in [2.75, 3.05) is 59.0 Å². The molecule has 6 aromatic rings. The zero-order chi connectivity index (χ0) is 46.3. The summed E-state index contributed by atoms with van der Waals surface area (Å²) in [6.07, 6.45) is 1.73. The minimum Gasteiger partial charge on any atom is -0.506 e. The molecule has 13 nitrogen and oxygen atoms in total. The normalized spacial score (nSPS) is 14.0. The molecule has 7 rings (SSSR count). The van der Waals surface area contributed by atoms with E-state index < -0.39 is 12.0 Å². The summed E-state index contributed by atoms with van der Waals surface area (Å²) in [5, 5.41) is 27.7. The number of rotatable bonds is 21. The second-order valence-electron chi connectivity index (χ2n) is 16.7. The Morgan fingerprint density at radius 2 is 1.56 bits per heavy atom. The van der Waals surface area contributed by atoms with Gasteiger partial charge in [-0.2, -0.15) is 0 Å². The quantitative estimate of drug-likeness (QED) is 0.0405. The first kappa shape index (κ1) is 47.2. The third kappa shape index (κ3) is 12.9. The molecular formula is C53H59N5O8. The number of aromatic hydroxyl groups is 1. The Hall–Kier alpha value is -6.80. The molecule has 66 heavy (non-hydrogen) atoms. The third-order valence-corrected chi connectivity index (χ3v) is 12.2. The van der Waals surface area contributed by atoms with Crippen LogP contribution in [0.2, 0.25) is 0 Å². The third-order valence-electron chi connectivity index (χ3n) is 12.2. The molecule has 2 amide bonds. The van der Waals surface area contributed by atoms with Crippen molar-refractivity contribution in [2.45, 2.75) is 44.8 Å². The van der Waals surface area contributed by atoms with Crippen LogP contribution >= 0.6 is 0 Å². The zero-order valence-electron chi connectivity index (χ0n) is 37.4. The lowest BCUT2D eigenvalue weighted by Crippen LogP contribution is -2.40. The Labute approximate surface area is 385 Å². The molecular weight excluding hydrogens is 835 g/mol. The van der Waals surface area contributed by atoms with Gasteiger partial charge in [-0.15, -0.1) is 0 Å². The van der Waals surface area contributed by atoms with Crippen LogP contribution in [0.15, 0.2) is 138 Å². The van der Waals surface area contributed by atoms with E-state index in [1.54, 1.807) is 41.3 Å². The number of pyridine rings is 1. The number of aromatic amines is 1. The van der Waals surface area contributed by atoms with Gasteiger partial charge in [0.2, 0.25) is 5.56 Å². The monoisotopic (exact) mass is 893 g/mol. The molecule has 344 valence electrons. The number of likely N-dealkylation sites (N-methyl/N-ethyl adjacent to an activating group) is 1. The average Bonchev–Trinajstić information content (AvgIpc) is 3.34. The van der Waals surface area contributed by atoms with E-state index in [0.29, 0.717) is 66.4 Å². The van der Waals surface area contributed by atoms with Crippen LogP contribution in [0.1, 0.15) is 70.0 Å². The van der Waals surface area contributed by atoms with Crippen molar-refractivity contribution < 1.29 is 34.1 Å². The van der Waals surface area contributed by atoms with Crippen LogP contribution in [-0.2, 0) is 27.3 Å². The average molecular weight is 894 g/mol. The van der Waals surface area contributed by atoms with Gasteiger partial charge in [0, 0.05) is 49.7 Å². The predicted molar refractivity (Wildman–Crippen MR) is 254 cm³/mol. The maximum absolute atomic E-state index is 13.8. The van der Waals surface area contributed by atoms with Crippen molar-refractivity contribution in [3.8, 4) is 11.5 Å². The van der Waals surface area contributed by atoms with Crippen LogP contribution in [0.25, 0.3) is 10.9 Å². The van der Waals surface area contributed by atoms with E-state index in [0.717, 1.165) is 43.6 Å². The molecule has 2 heterocycles. The van der Waals surface area contributed by atoms with E-state index in [4.69, 9.17) is 9.47 Å². The molecule has 0 spiro atoms. The summed E-state index contributed by atoms with van der Waals surface area (Å²) in [4.78, 5) is 58.5. The fraction of sp³-hybridized carbons (Fsp3) is 0.321. The van der Waals surface area contributed by atoms with Crippen LogP contribution in [0.3, 0.4) is 0 Å². The molecule has 1 aliphatic rings. The standard InChI is InChI=1S/C53H59N5O8/c1-2-58(31-28-55-52(63)41-18-16-37(17-19-41)24-27-54-33-47(60)44-20-22-46(59)51-45(44)21-23-48(61)56-51)49(62)36-65-43-15-9-14-42(32-43)50(40-12-7-4-8-13-40)53(64)66-35-39-25-29-57(30-26-39)34-38-10-5-3-6-11-38/h3-23,32,39,47,50,54,59-60H,2,24-31,33-36H2,1H3,(H,55,63)(H,56,61)/t47-,50?/m0/s1. The molecule has 0 saturated carbocycles. The molecule has 13 heteroatoms. The minimum absolute atomic E-state index is 0.0607. The highest BCUT2D eigenvalue weighted by molar-refractivity contribution is 5.94. The summed E-state index contributed by atoms with van der Waals surface area (Å²) in [6.45, 7) is 6.69. The molecule has 0 radical (unpaired) electrons. The van der Waals surface area contributed by atoms with E-state index in [9.17, 15) is 29.4 Å². The Bertz CT molecular complexity index is 2580. The number of phenolic OH excluding ortho intramolecular Hbond substituents is 1. The number of H-pyrrole nitrogens is 1. The van der Waals surface area contributed by atoms with Gasteiger partial charge in [0.15, 0.2) is 6.61 Å². The Kier molecular flexibility index (Phi) is 16.7. The number of carbonyl (C=O) groups excluding carboxylic acids is 3. The van der Waals surface area contributed by atoms with Crippen molar-refractivity contribution in [2.24, 2.45) is 5.92 Å². The number of aliphatic hydroxyl groups excluding tert-OH is 1. The van der Waals surface area contributed by atoms with Gasteiger partial charge in [-0.25, -0.2) is 0 Å². The molecule has 5 aromatic carbocycles. The number of hydrogen-bond acceptors (Lipinski definition) is 10. The lowest BCUT2D eigenvalue weighted by atomic mass is 9.91. The zero-order valence-corrected chi connectivity index (χ0v) is 37.4. The first-order valence-electron chi connectivity index (χ1n) is 22.7. The summed E-state index contributed by atoms with van der Waals surface area (Å²) in [5.41, 5.74) is 4.87. The minimum atomic E-state index is -0.860. The molecule has 2 atom stereocenters. The molecule has 1 saturated heterocycles. The number of aromatic nitrogens is 1. The van der Waals surface area contributed by atoms with Crippen LogP contribution in [0, 0.1) is 5.92 Å². The van der Waals surface area contributed by atoms with E-state index in [-0.39, 0.29) is 54.3 Å². The number of benzene rings is 5. The Balaban J connectivity index is 0.835. The van der Waals surface area contributed by atoms with Crippen LogP contribution < -0.4 is 20.9 Å². The second kappa shape index (κ2) is 23.4. The molecule has 5 N–H and O–H groups in total. The number of piperidine rings is 1. The highest BCUT2D eigenvalue weighted by Crippen LogP contribution is 2.31. The van der Waals surface area contributed by atoms with Crippen molar-refractivity contribution in [1.82, 2.24) is 25.4 Å². The number of likely N-dealkylation sites (tertiary alicyclic amines) is 1. The number of hydrogen-bond donors (Lipinski definition) is 5. The van der Waals surface area contributed by atoms with Gasteiger partial charge in [0.05, 0.1) is 18.2 Å². The van der Waals surface area contributed by atoms with E-state index in [1.165, 1.54) is 17.7 Å². The molecule has 0 bridgehead atoms. The lowest BCUT2D eigenvalue weighted by Gasteiger charge is -2.32. The number of nitrogens with zero attached hydrogens (tertiary/aromatic N) is 2. The van der Waals surface area contributed by atoms with Crippen molar-refractivity contribution in [3.63, 3.8) is 0 Å². The molecule has 1 aliphatic heterocycles. The molecule has 1 unspecified atom stereocenters. The summed E-state index contributed by atoms with van der Waals surface area (Å²) >= 11 is 0. The van der Waals surface area contributed by atoms with Gasteiger partial charge in [-0.3, -0.25) is 24.1 Å². The van der Waals surface area contributed by atoms with Gasteiger partial charge < -0.3 is 40.2 Å². The van der Waals surface area contributed by atoms with E-state index in [2.05, 4.69) is 44.8 Å². The van der Waals surface area contributed by atoms with Gasteiger partial charge in [-0.05, 0) is 116 Å². The second-order valence-corrected chi connectivity index (χ2v) is 16.7. The molecule has 1 aromatic heterocycles. The number of fused-ring (bicyclic) bond motifs is 1. The number of amides is 2. The van der Waals surface area contributed by atoms with E-state index in [1.807, 2.05) is 67.6 Å². The van der Waals surface area contributed by atoms with Gasteiger partial charge in [0.1, 0.15) is 17.4 Å². The number of esters is 1. The van der Waals surface area contributed by atoms with Crippen molar-refractivity contribution in [3.05, 3.63) is 177 Å². The highest BCUT2D eigenvalue weighted by atomic mass is 16.5. The first-order chi connectivity index (χ1) is 32.1. The molecule has 0 aliphatic carbocycles. The predicted octanol–water partition coefficient (Wildman–Crippen LogP) is 6.34. The van der Waals surface area contributed by atoms with Crippen LogP contribution in [0.4, 0.5) is 0 Å². The smallest absolute Gasteiger partial charge is 0.317 e. The summed E-state index contributed by atoms with van der Waals surface area (Å²) in [5.74, 6) is -0.762. The number of carbonyl (C=O) groups is 3. The summed E-state index contributed by atoms with van der Waals surface area (Å²) in [7, 11) is 0. The maximum Gasteiger partial charge on any atom is 0.317 e.